The van der Waals surface area contributed by atoms with E-state index in [2.05, 4.69) is 20.8 Å². The van der Waals surface area contributed by atoms with Gasteiger partial charge >= 0.3 is 5.97 Å². The van der Waals surface area contributed by atoms with Gasteiger partial charge in [-0.1, -0.05) is 32.9 Å². The quantitative estimate of drug-likeness (QED) is 0.653. The van der Waals surface area contributed by atoms with E-state index < -0.39 is 16.0 Å². The van der Waals surface area contributed by atoms with Crippen LogP contribution >= 0.6 is 0 Å². The summed E-state index contributed by atoms with van der Waals surface area (Å²) in [4.78, 5) is 26.2. The number of rotatable bonds is 5. The van der Waals surface area contributed by atoms with Crippen molar-refractivity contribution in [3.05, 3.63) is 53.3 Å². The first-order chi connectivity index (χ1) is 14.5. The van der Waals surface area contributed by atoms with Gasteiger partial charge in [0.15, 0.2) is 0 Å². The van der Waals surface area contributed by atoms with Crippen LogP contribution in [0.1, 0.15) is 54.2 Å². The third kappa shape index (κ3) is 4.99. The molecule has 8 nitrogen and oxygen atoms in total. The largest absolute Gasteiger partial charge is 0.460 e. The Morgan fingerprint density at radius 2 is 1.61 bits per heavy atom. The molecule has 0 saturated carbocycles. The Morgan fingerprint density at radius 3 is 2.16 bits per heavy atom. The van der Waals surface area contributed by atoms with Crippen molar-refractivity contribution in [3.8, 4) is 0 Å². The zero-order chi connectivity index (χ0) is 22.8. The molecule has 1 aliphatic rings. The van der Waals surface area contributed by atoms with E-state index in [-0.39, 0.29) is 55.0 Å². The lowest BCUT2D eigenvalue weighted by Crippen LogP contribution is -2.50. The van der Waals surface area contributed by atoms with E-state index >= 15 is 0 Å². The number of furan rings is 1. The average molecular weight is 449 g/mol. The highest BCUT2D eigenvalue weighted by Gasteiger charge is 2.33. The molecule has 0 atom stereocenters. The molecule has 2 aromatic rings. The molecular weight excluding hydrogens is 420 g/mol. The summed E-state index contributed by atoms with van der Waals surface area (Å²) in [6, 6.07) is 10.1. The highest BCUT2D eigenvalue weighted by Crippen LogP contribution is 2.24. The number of benzene rings is 1. The number of esters is 1. The highest BCUT2D eigenvalue weighted by atomic mass is 32.2. The molecule has 0 aliphatic carbocycles. The number of carbonyl (C=O) groups is 2. The highest BCUT2D eigenvalue weighted by molar-refractivity contribution is 7.89. The first-order valence-electron chi connectivity index (χ1n) is 10.2. The van der Waals surface area contributed by atoms with E-state index in [1.165, 1.54) is 16.4 Å². The molecule has 1 aromatic carbocycles. The minimum absolute atomic E-state index is 0.000552. The topological polar surface area (TPSA) is 97.1 Å². The summed E-state index contributed by atoms with van der Waals surface area (Å²) in [5, 5.41) is -0.312. The van der Waals surface area contributed by atoms with Crippen LogP contribution in [-0.4, -0.2) is 62.3 Å². The molecule has 0 radical (unpaired) electrons. The summed E-state index contributed by atoms with van der Waals surface area (Å²) < 4.78 is 37.0. The molecule has 1 amide bonds. The second kappa shape index (κ2) is 8.84. The Balaban J connectivity index is 1.64. The van der Waals surface area contributed by atoms with Crippen LogP contribution in [0.25, 0.3) is 0 Å². The number of hydrogen-bond acceptors (Lipinski definition) is 6. The number of hydrogen-bond donors (Lipinski definition) is 0. The third-order valence-electron chi connectivity index (χ3n) is 5.18. The molecule has 2 heterocycles. The SMILES string of the molecule is CCOC(=O)c1ccc(S(=O)(=O)N2CCN(C(=O)c3ccc(C(C)(C)C)cc3)CC2)o1. The van der Waals surface area contributed by atoms with Gasteiger partial charge in [0.1, 0.15) is 0 Å². The molecule has 0 N–H and O–H groups in total. The number of ether oxygens (including phenoxy) is 1. The molecular formula is C22H28N2O6S. The monoisotopic (exact) mass is 448 g/mol. The lowest BCUT2D eigenvalue weighted by Gasteiger charge is -2.33. The van der Waals surface area contributed by atoms with Crippen molar-refractivity contribution < 1.29 is 27.2 Å². The number of piperazine rings is 1. The van der Waals surface area contributed by atoms with Crippen LogP contribution in [0, 0.1) is 0 Å². The van der Waals surface area contributed by atoms with Crippen molar-refractivity contribution in [1.29, 1.82) is 0 Å². The lowest BCUT2D eigenvalue weighted by molar-refractivity contribution is 0.0483. The van der Waals surface area contributed by atoms with Crippen LogP contribution in [0.15, 0.2) is 45.9 Å². The van der Waals surface area contributed by atoms with Crippen LogP contribution in [0.2, 0.25) is 0 Å². The fourth-order valence-electron chi connectivity index (χ4n) is 3.32. The molecule has 1 aromatic heterocycles. The molecule has 3 rings (SSSR count). The van der Waals surface area contributed by atoms with Crippen LogP contribution in [-0.2, 0) is 20.2 Å². The maximum Gasteiger partial charge on any atom is 0.374 e. The van der Waals surface area contributed by atoms with Gasteiger partial charge in [-0.2, -0.15) is 4.31 Å². The molecule has 1 aliphatic heterocycles. The fourth-order valence-corrected chi connectivity index (χ4v) is 4.66. The van der Waals surface area contributed by atoms with Gasteiger partial charge in [0.2, 0.25) is 10.9 Å². The van der Waals surface area contributed by atoms with Crippen molar-refractivity contribution >= 4 is 21.9 Å². The second-order valence-corrected chi connectivity index (χ2v) is 10.2. The standard InChI is InChI=1S/C22H28N2O6S/c1-5-29-21(26)18-10-11-19(30-18)31(27,28)24-14-12-23(13-15-24)20(25)16-6-8-17(9-7-16)22(2,3)4/h6-11H,5,12-15H2,1-4H3. The minimum Gasteiger partial charge on any atom is -0.460 e. The summed E-state index contributed by atoms with van der Waals surface area (Å²) >= 11 is 0. The zero-order valence-electron chi connectivity index (χ0n) is 18.3. The zero-order valence-corrected chi connectivity index (χ0v) is 19.1. The van der Waals surface area contributed by atoms with Gasteiger partial charge in [0.25, 0.3) is 15.9 Å². The third-order valence-corrected chi connectivity index (χ3v) is 6.95. The van der Waals surface area contributed by atoms with Crippen molar-refractivity contribution in [1.82, 2.24) is 9.21 Å². The van der Waals surface area contributed by atoms with Crippen LogP contribution in [0.4, 0.5) is 0 Å². The smallest absolute Gasteiger partial charge is 0.374 e. The predicted octanol–water partition coefficient (Wildman–Crippen LogP) is 2.90. The molecule has 31 heavy (non-hydrogen) atoms. The average Bonchev–Trinajstić information content (AvgIpc) is 3.24. The van der Waals surface area contributed by atoms with E-state index in [4.69, 9.17) is 9.15 Å². The van der Waals surface area contributed by atoms with Gasteiger partial charge in [0, 0.05) is 31.7 Å². The Kier molecular flexibility index (Phi) is 6.56. The number of carbonyl (C=O) groups excluding carboxylic acids is 2. The van der Waals surface area contributed by atoms with Gasteiger partial charge in [-0.15, -0.1) is 0 Å². The van der Waals surface area contributed by atoms with Gasteiger partial charge in [-0.3, -0.25) is 4.79 Å². The van der Waals surface area contributed by atoms with E-state index in [9.17, 15) is 18.0 Å². The van der Waals surface area contributed by atoms with E-state index in [0.29, 0.717) is 5.56 Å². The Morgan fingerprint density at radius 1 is 1.00 bits per heavy atom. The summed E-state index contributed by atoms with van der Waals surface area (Å²) in [7, 11) is -3.90. The van der Waals surface area contributed by atoms with Gasteiger partial charge in [-0.05, 0) is 42.2 Å². The molecule has 0 unspecified atom stereocenters. The minimum atomic E-state index is -3.90. The van der Waals surface area contributed by atoms with E-state index in [0.717, 1.165) is 5.56 Å². The first-order valence-corrected chi connectivity index (χ1v) is 11.6. The van der Waals surface area contributed by atoms with Crippen molar-refractivity contribution in [2.75, 3.05) is 32.8 Å². The normalized spacial score (nSPS) is 15.7. The Hall–Kier alpha value is -2.65. The van der Waals surface area contributed by atoms with Crippen molar-refractivity contribution in [2.45, 2.75) is 38.2 Å². The Bertz CT molecular complexity index is 1040. The number of nitrogens with zero attached hydrogens (tertiary/aromatic N) is 2. The summed E-state index contributed by atoms with van der Waals surface area (Å²) in [5.74, 6) is -0.995. The summed E-state index contributed by atoms with van der Waals surface area (Å²) in [6.45, 7) is 8.96. The molecule has 168 valence electrons. The fraction of sp³-hybridized carbons (Fsp3) is 0.455. The molecule has 1 saturated heterocycles. The maximum absolute atomic E-state index is 12.8. The van der Waals surface area contributed by atoms with Crippen molar-refractivity contribution in [3.63, 3.8) is 0 Å². The molecule has 0 bridgehead atoms. The van der Waals surface area contributed by atoms with Crippen LogP contribution in [0.5, 0.6) is 0 Å². The number of amides is 1. The van der Waals surface area contributed by atoms with Crippen LogP contribution < -0.4 is 0 Å². The molecule has 9 heteroatoms. The van der Waals surface area contributed by atoms with E-state index in [1.807, 2.05) is 24.3 Å². The number of sulfonamides is 1. The molecule has 1 fully saturated rings. The summed E-state index contributed by atoms with van der Waals surface area (Å²) in [5.41, 5.74) is 1.72. The maximum atomic E-state index is 12.8. The lowest BCUT2D eigenvalue weighted by atomic mass is 9.86. The van der Waals surface area contributed by atoms with Gasteiger partial charge in [0.05, 0.1) is 6.61 Å². The van der Waals surface area contributed by atoms with Crippen molar-refractivity contribution in [2.24, 2.45) is 0 Å². The van der Waals surface area contributed by atoms with Gasteiger partial charge in [-0.25, -0.2) is 13.2 Å². The molecule has 0 spiro atoms. The second-order valence-electron chi connectivity index (χ2n) is 8.36. The predicted molar refractivity (Wildman–Crippen MR) is 114 cm³/mol. The van der Waals surface area contributed by atoms with Crippen LogP contribution in [0.3, 0.4) is 0 Å². The summed E-state index contributed by atoms with van der Waals surface area (Å²) in [6.07, 6.45) is 0. The Labute approximate surface area is 182 Å². The van der Waals surface area contributed by atoms with Gasteiger partial charge < -0.3 is 14.1 Å². The first kappa shape index (κ1) is 23.0. The van der Waals surface area contributed by atoms with E-state index in [1.54, 1.807) is 11.8 Å².